The second kappa shape index (κ2) is 5.13. The lowest BCUT2D eigenvalue weighted by molar-refractivity contribution is -0.192. The Morgan fingerprint density at radius 3 is 2.40 bits per heavy atom. The largest absolute Gasteiger partial charge is 0.469 e. The van der Waals surface area contributed by atoms with E-state index in [0.717, 1.165) is 12.8 Å². The van der Waals surface area contributed by atoms with Gasteiger partial charge in [0.25, 0.3) is 0 Å². The van der Waals surface area contributed by atoms with Gasteiger partial charge in [-0.2, -0.15) is 0 Å². The average Bonchev–Trinajstić information content (AvgIpc) is 2.31. The second-order valence-corrected chi connectivity index (χ2v) is 12.8. The van der Waals surface area contributed by atoms with Crippen LogP contribution in [-0.4, -0.2) is 27.0 Å². The first kappa shape index (κ1) is 16.0. The van der Waals surface area contributed by atoms with Crippen molar-refractivity contribution in [1.29, 1.82) is 0 Å². The van der Waals surface area contributed by atoms with Gasteiger partial charge in [0.15, 0.2) is 8.32 Å². The average molecular weight is 298 g/mol. The molecule has 4 heteroatoms. The highest BCUT2D eigenvalue weighted by Crippen LogP contribution is 2.58. The molecule has 0 amide bonds. The summed E-state index contributed by atoms with van der Waals surface area (Å²) < 4.78 is 11.8. The van der Waals surface area contributed by atoms with Gasteiger partial charge in [0.1, 0.15) is 0 Å². The number of carbonyl (C=O) groups is 1. The zero-order chi connectivity index (χ0) is 15.2. The van der Waals surface area contributed by atoms with Crippen LogP contribution in [0, 0.1) is 11.8 Å². The van der Waals surface area contributed by atoms with Crippen LogP contribution in [0.25, 0.3) is 0 Å². The molecule has 3 nitrogen and oxygen atoms in total. The molecule has 0 N–H and O–H groups in total. The van der Waals surface area contributed by atoms with Crippen LogP contribution in [-0.2, 0) is 14.0 Å². The predicted octanol–water partition coefficient (Wildman–Crippen LogP) is 4.13. The van der Waals surface area contributed by atoms with E-state index >= 15 is 0 Å². The minimum Gasteiger partial charge on any atom is -0.469 e. The summed E-state index contributed by atoms with van der Waals surface area (Å²) in [6, 6.07) is 0. The van der Waals surface area contributed by atoms with Crippen molar-refractivity contribution < 1.29 is 14.0 Å². The molecule has 2 aliphatic carbocycles. The second-order valence-electron chi connectivity index (χ2n) is 8.07. The van der Waals surface area contributed by atoms with Crippen molar-refractivity contribution >= 4 is 14.3 Å². The summed E-state index contributed by atoms with van der Waals surface area (Å²) in [7, 11) is -0.365. The van der Waals surface area contributed by atoms with E-state index in [1.165, 1.54) is 26.4 Å². The van der Waals surface area contributed by atoms with Crippen molar-refractivity contribution in [2.75, 3.05) is 7.11 Å². The Labute approximate surface area is 124 Å². The zero-order valence-corrected chi connectivity index (χ0v) is 14.9. The maximum absolute atomic E-state index is 12.1. The number of hydrogen-bond acceptors (Lipinski definition) is 3. The Morgan fingerprint density at radius 1 is 1.25 bits per heavy atom. The van der Waals surface area contributed by atoms with E-state index < -0.39 is 8.32 Å². The molecule has 2 rings (SSSR count). The van der Waals surface area contributed by atoms with Crippen LogP contribution in [0.15, 0.2) is 0 Å². The molecule has 0 aliphatic heterocycles. The fourth-order valence-electron chi connectivity index (χ4n) is 3.61. The molecule has 0 saturated heterocycles. The molecule has 0 radical (unpaired) electrons. The minimum absolute atomic E-state index is 0.0353. The highest BCUT2D eigenvalue weighted by Gasteiger charge is 2.62. The summed E-state index contributed by atoms with van der Waals surface area (Å²) in [5.74, 6) is 0.461. The quantitative estimate of drug-likeness (QED) is 0.580. The van der Waals surface area contributed by atoms with Gasteiger partial charge in [0, 0.05) is 0 Å². The molecule has 2 aliphatic rings. The number of methoxy groups -OCH3 is 1. The topological polar surface area (TPSA) is 35.5 Å². The molecule has 116 valence electrons. The highest BCUT2D eigenvalue weighted by molar-refractivity contribution is 6.74. The van der Waals surface area contributed by atoms with Gasteiger partial charge in [-0.3, -0.25) is 4.79 Å². The van der Waals surface area contributed by atoms with Crippen LogP contribution in [0.3, 0.4) is 0 Å². The molecule has 0 aromatic heterocycles. The lowest BCUT2D eigenvalue weighted by Gasteiger charge is -2.60. The number of carbonyl (C=O) groups excluding carboxylic acids is 1. The van der Waals surface area contributed by atoms with Gasteiger partial charge in [-0.1, -0.05) is 33.6 Å². The maximum atomic E-state index is 12.1. The number of hydrogen-bond donors (Lipinski definition) is 0. The number of esters is 1. The Kier molecular flexibility index (Phi) is 4.11. The predicted molar refractivity (Wildman–Crippen MR) is 83.1 cm³/mol. The highest BCUT2D eigenvalue weighted by atomic mass is 28.4. The monoisotopic (exact) mass is 298 g/mol. The van der Waals surface area contributed by atoms with Crippen LogP contribution in [0.1, 0.15) is 52.9 Å². The third-order valence-corrected chi connectivity index (χ3v) is 10.4. The van der Waals surface area contributed by atoms with Gasteiger partial charge in [-0.15, -0.1) is 0 Å². The van der Waals surface area contributed by atoms with Crippen LogP contribution in [0.5, 0.6) is 0 Å². The van der Waals surface area contributed by atoms with E-state index in [0.29, 0.717) is 5.92 Å². The molecule has 0 heterocycles. The Hall–Kier alpha value is -0.353. The minimum atomic E-state index is -1.86. The number of fused-ring (bicyclic) bond motifs is 1. The molecule has 3 atom stereocenters. The van der Waals surface area contributed by atoms with Crippen molar-refractivity contribution in [3.05, 3.63) is 0 Å². The van der Waals surface area contributed by atoms with Gasteiger partial charge in [0.2, 0.25) is 0 Å². The summed E-state index contributed by atoms with van der Waals surface area (Å²) in [6.45, 7) is 11.4. The zero-order valence-electron chi connectivity index (χ0n) is 13.9. The maximum Gasteiger partial charge on any atom is 0.311 e. The third-order valence-electron chi connectivity index (χ3n) is 5.91. The van der Waals surface area contributed by atoms with Gasteiger partial charge in [0.05, 0.1) is 18.6 Å². The van der Waals surface area contributed by atoms with Crippen molar-refractivity contribution in [2.24, 2.45) is 11.8 Å². The van der Waals surface area contributed by atoms with Crippen molar-refractivity contribution in [3.63, 3.8) is 0 Å². The third kappa shape index (κ3) is 2.45. The van der Waals surface area contributed by atoms with E-state index in [9.17, 15) is 4.79 Å². The lowest BCUT2D eigenvalue weighted by atomic mass is 9.55. The molecule has 0 aromatic carbocycles. The molecule has 0 spiro atoms. The van der Waals surface area contributed by atoms with Gasteiger partial charge >= 0.3 is 5.97 Å². The summed E-state index contributed by atoms with van der Waals surface area (Å²) in [6.07, 6.45) is 5.66. The summed E-state index contributed by atoms with van der Waals surface area (Å²) in [5, 5.41) is 0.181. The van der Waals surface area contributed by atoms with Crippen molar-refractivity contribution in [2.45, 2.75) is 76.6 Å². The van der Waals surface area contributed by atoms with Crippen molar-refractivity contribution in [3.8, 4) is 0 Å². The van der Waals surface area contributed by atoms with E-state index in [-0.39, 0.29) is 22.5 Å². The molecular formula is C16H30O3Si. The van der Waals surface area contributed by atoms with Crippen LogP contribution in [0.4, 0.5) is 0 Å². The first-order chi connectivity index (χ1) is 9.14. The Balaban J connectivity index is 2.25. The van der Waals surface area contributed by atoms with Crippen LogP contribution >= 0.6 is 0 Å². The molecule has 0 unspecified atom stereocenters. The van der Waals surface area contributed by atoms with Crippen molar-refractivity contribution in [1.82, 2.24) is 0 Å². The van der Waals surface area contributed by atoms with E-state index in [2.05, 4.69) is 33.9 Å². The van der Waals surface area contributed by atoms with Crippen LogP contribution in [0.2, 0.25) is 18.1 Å². The smallest absolute Gasteiger partial charge is 0.311 e. The first-order valence-electron chi connectivity index (χ1n) is 7.92. The fourth-order valence-corrected chi connectivity index (χ4v) is 5.28. The first-order valence-corrected chi connectivity index (χ1v) is 10.8. The van der Waals surface area contributed by atoms with E-state index in [1.54, 1.807) is 0 Å². The fraction of sp³-hybridized carbons (Fsp3) is 0.938. The standard InChI is InChI=1S/C16H30O3Si/c1-15(2,3)20(5,6)19-16-10-8-7-9-12(16)11-13(16)14(17)18-4/h12-13H,7-11H2,1-6H3/t12-,13-,16-/m0/s1. The summed E-state index contributed by atoms with van der Waals surface area (Å²) in [4.78, 5) is 12.1. The van der Waals surface area contributed by atoms with E-state index in [1.807, 2.05) is 0 Å². The molecule has 20 heavy (non-hydrogen) atoms. The summed E-state index contributed by atoms with van der Waals surface area (Å²) in [5.41, 5.74) is -0.214. The molecule has 2 fully saturated rings. The van der Waals surface area contributed by atoms with Gasteiger partial charge < -0.3 is 9.16 Å². The number of ether oxygens (including phenoxy) is 1. The normalized spacial score (nSPS) is 34.1. The van der Waals surface area contributed by atoms with Gasteiger partial charge in [-0.25, -0.2) is 0 Å². The van der Waals surface area contributed by atoms with E-state index in [4.69, 9.17) is 9.16 Å². The molecular weight excluding hydrogens is 268 g/mol. The van der Waals surface area contributed by atoms with Gasteiger partial charge in [-0.05, 0) is 43.3 Å². The van der Waals surface area contributed by atoms with Crippen LogP contribution < -0.4 is 0 Å². The summed E-state index contributed by atoms with van der Waals surface area (Å²) >= 11 is 0. The lowest BCUT2D eigenvalue weighted by Crippen LogP contribution is -2.66. The Bertz CT molecular complexity index is 386. The molecule has 0 aromatic rings. The Morgan fingerprint density at radius 2 is 1.90 bits per heavy atom. The SMILES string of the molecule is COC(=O)[C@@H]1C[C@@H]2CCCC[C@]21O[Si](C)(C)C(C)(C)C. The molecule has 0 bridgehead atoms. The molecule has 2 saturated carbocycles. The number of rotatable bonds is 3.